The summed E-state index contributed by atoms with van der Waals surface area (Å²) < 4.78 is 28.8. The first-order valence-electron chi connectivity index (χ1n) is 6.55. The van der Waals surface area contributed by atoms with E-state index >= 15 is 0 Å². The number of hydrogen-bond acceptors (Lipinski definition) is 3. The molecule has 0 unspecified atom stereocenters. The van der Waals surface area contributed by atoms with E-state index in [0.29, 0.717) is 12.4 Å². The van der Waals surface area contributed by atoms with E-state index < -0.39 is 9.05 Å². The summed E-state index contributed by atoms with van der Waals surface area (Å²) in [5.41, 5.74) is 1.66. The molecule has 19 heavy (non-hydrogen) atoms. The van der Waals surface area contributed by atoms with Crippen molar-refractivity contribution < 1.29 is 13.2 Å². The van der Waals surface area contributed by atoms with E-state index in [2.05, 4.69) is 6.92 Å². The zero-order chi connectivity index (χ0) is 14.5. The molecule has 3 nitrogen and oxygen atoms in total. The lowest BCUT2D eigenvalue weighted by Crippen LogP contribution is -2.04. The molecule has 1 rings (SSSR count). The zero-order valence-electron chi connectivity index (χ0n) is 11.7. The van der Waals surface area contributed by atoms with Gasteiger partial charge in [0.1, 0.15) is 10.6 Å². The normalized spacial score (nSPS) is 11.6. The third kappa shape index (κ3) is 5.03. The topological polar surface area (TPSA) is 43.4 Å². The van der Waals surface area contributed by atoms with Gasteiger partial charge in [-0.1, -0.05) is 32.3 Å². The van der Waals surface area contributed by atoms with Crippen molar-refractivity contribution in [3.8, 4) is 5.75 Å². The van der Waals surface area contributed by atoms with E-state index in [0.717, 1.165) is 36.8 Å². The molecule has 0 atom stereocenters. The van der Waals surface area contributed by atoms with Gasteiger partial charge in [-0.05, 0) is 37.5 Å². The fourth-order valence-corrected chi connectivity index (χ4v) is 3.10. The summed E-state index contributed by atoms with van der Waals surface area (Å²) in [6.07, 6.45) is 4.33. The molecule has 0 heterocycles. The minimum atomic E-state index is -3.78. The highest BCUT2D eigenvalue weighted by molar-refractivity contribution is 8.13. The molecule has 0 radical (unpaired) electrons. The van der Waals surface area contributed by atoms with Crippen LogP contribution >= 0.6 is 10.7 Å². The zero-order valence-corrected chi connectivity index (χ0v) is 13.3. The van der Waals surface area contributed by atoms with Crippen LogP contribution in [0.15, 0.2) is 17.0 Å². The Balaban J connectivity index is 2.87. The summed E-state index contributed by atoms with van der Waals surface area (Å²) in [6, 6.07) is 3.45. The Morgan fingerprint density at radius 1 is 1.16 bits per heavy atom. The van der Waals surface area contributed by atoms with E-state index in [-0.39, 0.29) is 4.90 Å². The number of hydrogen-bond donors (Lipinski definition) is 0. The Morgan fingerprint density at radius 3 is 2.42 bits per heavy atom. The second kappa shape index (κ2) is 7.15. The molecule has 0 fully saturated rings. The summed E-state index contributed by atoms with van der Waals surface area (Å²) >= 11 is 0. The molecule has 0 aromatic heterocycles. The van der Waals surface area contributed by atoms with Crippen molar-refractivity contribution in [2.45, 2.75) is 51.3 Å². The van der Waals surface area contributed by atoms with Crippen molar-refractivity contribution in [3.63, 3.8) is 0 Å². The number of aryl methyl sites for hydroxylation is 2. The van der Waals surface area contributed by atoms with Crippen molar-refractivity contribution in [2.75, 3.05) is 6.61 Å². The molecule has 0 saturated carbocycles. The summed E-state index contributed by atoms with van der Waals surface area (Å²) in [5.74, 6) is 0.386. The van der Waals surface area contributed by atoms with Crippen molar-refractivity contribution in [3.05, 3.63) is 23.3 Å². The first-order valence-corrected chi connectivity index (χ1v) is 8.86. The average Bonchev–Trinajstić information content (AvgIpc) is 2.29. The van der Waals surface area contributed by atoms with Crippen molar-refractivity contribution >= 4 is 19.7 Å². The maximum atomic E-state index is 11.6. The summed E-state index contributed by atoms with van der Waals surface area (Å²) in [4.78, 5) is 0.0714. The van der Waals surface area contributed by atoms with E-state index in [1.807, 2.05) is 19.9 Å². The number of benzene rings is 1. The van der Waals surface area contributed by atoms with Crippen LogP contribution in [0.4, 0.5) is 0 Å². The highest BCUT2D eigenvalue weighted by Gasteiger charge is 2.19. The minimum absolute atomic E-state index is 0.0714. The smallest absolute Gasteiger partial charge is 0.265 e. The highest BCUT2D eigenvalue weighted by atomic mass is 35.7. The molecule has 0 saturated heterocycles. The Hall–Kier alpha value is -0.740. The second-order valence-electron chi connectivity index (χ2n) is 4.76. The van der Waals surface area contributed by atoms with Crippen molar-refractivity contribution in [2.24, 2.45) is 0 Å². The molecule has 0 amide bonds. The fraction of sp³-hybridized carbons (Fsp3) is 0.571. The van der Waals surface area contributed by atoms with Gasteiger partial charge in [-0.25, -0.2) is 8.42 Å². The molecule has 0 aliphatic heterocycles. The van der Waals surface area contributed by atoms with Gasteiger partial charge in [0.25, 0.3) is 9.05 Å². The maximum Gasteiger partial charge on any atom is 0.265 e. The molecular formula is C14H21ClO3S. The van der Waals surface area contributed by atoms with Gasteiger partial charge in [-0.15, -0.1) is 0 Å². The number of unbranched alkanes of at least 4 members (excludes halogenated alkanes) is 3. The first kappa shape index (κ1) is 16.3. The number of halogens is 1. The maximum absolute atomic E-state index is 11.6. The lowest BCUT2D eigenvalue weighted by Gasteiger charge is -2.13. The Morgan fingerprint density at radius 2 is 1.84 bits per heavy atom. The SMILES string of the molecule is CCCCCCOc1c(C)cc(C)cc1S(=O)(=O)Cl. The van der Waals surface area contributed by atoms with Crippen LogP contribution in [0.1, 0.15) is 43.7 Å². The molecule has 0 spiro atoms. The van der Waals surface area contributed by atoms with Crippen LogP contribution in [-0.2, 0) is 9.05 Å². The molecule has 0 aliphatic rings. The summed E-state index contributed by atoms with van der Waals surface area (Å²) in [5, 5.41) is 0. The molecule has 5 heteroatoms. The van der Waals surface area contributed by atoms with Gasteiger partial charge in [-0.2, -0.15) is 0 Å². The Kier molecular flexibility index (Phi) is 6.14. The van der Waals surface area contributed by atoms with E-state index in [9.17, 15) is 8.42 Å². The van der Waals surface area contributed by atoms with Crippen LogP contribution < -0.4 is 4.74 Å². The van der Waals surface area contributed by atoms with Crippen LogP contribution in [0, 0.1) is 13.8 Å². The van der Waals surface area contributed by atoms with Gasteiger partial charge in [0.05, 0.1) is 6.61 Å². The Bertz CT molecular complexity index is 524. The lowest BCUT2D eigenvalue weighted by molar-refractivity contribution is 0.295. The van der Waals surface area contributed by atoms with Crippen LogP contribution in [0.2, 0.25) is 0 Å². The minimum Gasteiger partial charge on any atom is -0.492 e. The monoisotopic (exact) mass is 304 g/mol. The van der Waals surface area contributed by atoms with Crippen LogP contribution in [0.5, 0.6) is 5.75 Å². The molecular weight excluding hydrogens is 284 g/mol. The first-order chi connectivity index (χ1) is 8.86. The van der Waals surface area contributed by atoms with Gasteiger partial charge in [0.2, 0.25) is 0 Å². The van der Waals surface area contributed by atoms with Gasteiger partial charge in [0, 0.05) is 10.7 Å². The van der Waals surface area contributed by atoms with E-state index in [4.69, 9.17) is 15.4 Å². The largest absolute Gasteiger partial charge is 0.492 e. The van der Waals surface area contributed by atoms with Crippen LogP contribution in [-0.4, -0.2) is 15.0 Å². The third-order valence-corrected chi connectivity index (χ3v) is 4.22. The summed E-state index contributed by atoms with van der Waals surface area (Å²) in [6.45, 7) is 6.33. The van der Waals surface area contributed by atoms with E-state index in [1.54, 1.807) is 6.07 Å². The van der Waals surface area contributed by atoms with Crippen molar-refractivity contribution in [1.82, 2.24) is 0 Å². The van der Waals surface area contributed by atoms with Crippen LogP contribution in [0.25, 0.3) is 0 Å². The molecule has 0 N–H and O–H groups in total. The van der Waals surface area contributed by atoms with Crippen molar-refractivity contribution in [1.29, 1.82) is 0 Å². The molecule has 108 valence electrons. The second-order valence-corrected chi connectivity index (χ2v) is 7.29. The van der Waals surface area contributed by atoms with E-state index in [1.165, 1.54) is 0 Å². The molecule has 1 aromatic rings. The van der Waals surface area contributed by atoms with Gasteiger partial charge >= 0.3 is 0 Å². The fourth-order valence-electron chi connectivity index (χ4n) is 1.98. The van der Waals surface area contributed by atoms with Gasteiger partial charge in [-0.3, -0.25) is 0 Å². The molecule has 0 aliphatic carbocycles. The predicted octanol–water partition coefficient (Wildman–Crippen LogP) is 4.19. The quantitative estimate of drug-likeness (QED) is 0.560. The average molecular weight is 305 g/mol. The standard InChI is InChI=1S/C14H21ClO3S/c1-4-5-6-7-8-18-14-12(3)9-11(2)10-13(14)19(15,16)17/h9-10H,4-8H2,1-3H3. The number of rotatable bonds is 7. The van der Waals surface area contributed by atoms with Gasteiger partial charge < -0.3 is 4.74 Å². The third-order valence-electron chi connectivity index (χ3n) is 2.89. The molecule has 0 bridgehead atoms. The predicted molar refractivity (Wildman–Crippen MR) is 78.6 cm³/mol. The van der Waals surface area contributed by atoms with Crippen LogP contribution in [0.3, 0.4) is 0 Å². The lowest BCUT2D eigenvalue weighted by atomic mass is 10.1. The highest BCUT2D eigenvalue weighted by Crippen LogP contribution is 2.31. The molecule has 1 aromatic carbocycles. The number of ether oxygens (including phenoxy) is 1. The summed E-state index contributed by atoms with van der Waals surface area (Å²) in [7, 11) is 1.68. The Labute approximate surface area is 120 Å². The van der Waals surface area contributed by atoms with Gasteiger partial charge in [0.15, 0.2) is 0 Å².